The van der Waals surface area contributed by atoms with E-state index in [1.807, 2.05) is 13.8 Å². The third-order valence-electron chi connectivity index (χ3n) is 9.59. The zero-order valence-electron chi connectivity index (χ0n) is 17.7. The molecule has 4 aliphatic carbocycles. The molecule has 0 radical (unpaired) electrons. The number of aliphatic hydroxyl groups is 2. The SMILES string of the molecule is C=C1C(=O)C23CC1CC1OC(C)(C)OC4CCC(C)(C)C5C(O)C2(O)OCC45C13. The van der Waals surface area contributed by atoms with Crippen LogP contribution < -0.4 is 0 Å². The highest BCUT2D eigenvalue weighted by Gasteiger charge is 2.86. The van der Waals surface area contributed by atoms with Crippen LogP contribution >= 0.6 is 0 Å². The van der Waals surface area contributed by atoms with E-state index in [-0.39, 0.29) is 47.8 Å². The van der Waals surface area contributed by atoms with Crippen LogP contribution in [0.3, 0.4) is 0 Å². The van der Waals surface area contributed by atoms with Crippen LogP contribution in [0, 0.1) is 34.0 Å². The van der Waals surface area contributed by atoms with Gasteiger partial charge in [0, 0.05) is 17.3 Å². The topological polar surface area (TPSA) is 85.2 Å². The Balaban J connectivity index is 1.68. The maximum Gasteiger partial charge on any atom is 0.205 e. The zero-order valence-corrected chi connectivity index (χ0v) is 17.7. The second-order valence-corrected chi connectivity index (χ2v) is 11.7. The lowest BCUT2D eigenvalue weighted by Gasteiger charge is -2.74. The van der Waals surface area contributed by atoms with Crippen LogP contribution in [0.2, 0.25) is 0 Å². The Morgan fingerprint density at radius 2 is 1.86 bits per heavy atom. The predicted molar refractivity (Wildman–Crippen MR) is 102 cm³/mol. The number of fused-ring (bicyclic) bond motifs is 2. The first-order chi connectivity index (χ1) is 13.4. The Morgan fingerprint density at radius 1 is 1.14 bits per heavy atom. The van der Waals surface area contributed by atoms with Gasteiger partial charge in [-0.15, -0.1) is 0 Å². The average Bonchev–Trinajstić information content (AvgIpc) is 2.75. The molecule has 6 nitrogen and oxygen atoms in total. The van der Waals surface area contributed by atoms with Crippen molar-refractivity contribution in [3.05, 3.63) is 12.2 Å². The quantitative estimate of drug-likeness (QED) is 0.602. The highest BCUT2D eigenvalue weighted by Crippen LogP contribution is 2.77. The number of carbonyl (C=O) groups is 1. The lowest BCUT2D eigenvalue weighted by molar-refractivity contribution is -0.450. The first-order valence-corrected chi connectivity index (χ1v) is 11.0. The summed E-state index contributed by atoms with van der Waals surface area (Å²) in [5.74, 6) is -3.39. The number of allylic oxidation sites excluding steroid dienone is 1. The fourth-order valence-corrected chi connectivity index (χ4v) is 8.84. The molecule has 29 heavy (non-hydrogen) atoms. The third kappa shape index (κ3) is 1.79. The van der Waals surface area contributed by atoms with Gasteiger partial charge < -0.3 is 24.4 Å². The minimum Gasteiger partial charge on any atom is -0.387 e. The summed E-state index contributed by atoms with van der Waals surface area (Å²) in [6.45, 7) is 12.6. The van der Waals surface area contributed by atoms with E-state index in [0.717, 1.165) is 12.8 Å². The van der Waals surface area contributed by atoms with Crippen molar-refractivity contribution in [1.29, 1.82) is 0 Å². The molecule has 3 saturated heterocycles. The molecule has 7 aliphatic rings. The van der Waals surface area contributed by atoms with Crippen LogP contribution in [0.15, 0.2) is 12.2 Å². The summed E-state index contributed by atoms with van der Waals surface area (Å²) >= 11 is 0. The van der Waals surface area contributed by atoms with Crippen LogP contribution in [0.5, 0.6) is 0 Å². The molecule has 0 aromatic carbocycles. The molecule has 3 aliphatic heterocycles. The smallest absolute Gasteiger partial charge is 0.205 e. The maximum atomic E-state index is 13.7. The molecule has 7 rings (SSSR count). The lowest BCUT2D eigenvalue weighted by Crippen LogP contribution is -2.84. The molecular formula is C23H32O6. The van der Waals surface area contributed by atoms with Gasteiger partial charge in [-0.05, 0) is 56.4 Å². The minimum atomic E-state index is -1.91. The summed E-state index contributed by atoms with van der Waals surface area (Å²) in [7, 11) is 0. The van der Waals surface area contributed by atoms with Gasteiger partial charge in [0.1, 0.15) is 6.10 Å². The summed E-state index contributed by atoms with van der Waals surface area (Å²) in [4.78, 5) is 13.7. The van der Waals surface area contributed by atoms with E-state index in [1.54, 1.807) is 0 Å². The van der Waals surface area contributed by atoms with Crippen LogP contribution in [-0.2, 0) is 19.0 Å². The second kappa shape index (κ2) is 4.99. The number of aliphatic hydroxyl groups excluding tert-OH is 1. The molecule has 2 N–H and O–H groups in total. The van der Waals surface area contributed by atoms with Crippen molar-refractivity contribution >= 4 is 5.78 Å². The number of hydrogen-bond donors (Lipinski definition) is 2. The summed E-state index contributed by atoms with van der Waals surface area (Å²) < 4.78 is 19.3. The van der Waals surface area contributed by atoms with E-state index < -0.39 is 28.5 Å². The molecule has 2 spiro atoms. The maximum absolute atomic E-state index is 13.7. The summed E-state index contributed by atoms with van der Waals surface area (Å²) in [6, 6.07) is 0. The lowest BCUT2D eigenvalue weighted by atomic mass is 9.35. The zero-order chi connectivity index (χ0) is 20.8. The number of ketones is 1. The molecule has 6 heteroatoms. The molecule has 3 heterocycles. The second-order valence-electron chi connectivity index (χ2n) is 11.7. The third-order valence-corrected chi connectivity index (χ3v) is 9.59. The van der Waals surface area contributed by atoms with Gasteiger partial charge in [-0.2, -0.15) is 0 Å². The van der Waals surface area contributed by atoms with E-state index >= 15 is 0 Å². The molecule has 0 aromatic rings. The Bertz CT molecular complexity index is 833. The van der Waals surface area contributed by atoms with E-state index in [4.69, 9.17) is 14.2 Å². The Kier molecular flexibility index (Phi) is 3.26. The normalized spacial score (nSPS) is 58.7. The minimum absolute atomic E-state index is 0.0540. The Hall–Kier alpha value is -0.790. The van der Waals surface area contributed by atoms with Crippen molar-refractivity contribution in [3.63, 3.8) is 0 Å². The van der Waals surface area contributed by atoms with Crippen molar-refractivity contribution in [1.82, 2.24) is 0 Å². The molecule has 4 saturated carbocycles. The van der Waals surface area contributed by atoms with Crippen molar-refractivity contribution in [2.45, 2.75) is 83.3 Å². The highest BCUT2D eigenvalue weighted by molar-refractivity contribution is 6.04. The van der Waals surface area contributed by atoms with Gasteiger partial charge in [0.25, 0.3) is 0 Å². The van der Waals surface area contributed by atoms with Crippen molar-refractivity contribution < 1.29 is 29.2 Å². The number of carbonyl (C=O) groups excluding carboxylic acids is 1. The van der Waals surface area contributed by atoms with E-state index in [0.29, 0.717) is 18.4 Å². The number of hydrogen-bond acceptors (Lipinski definition) is 6. The molecule has 0 aromatic heterocycles. The number of ether oxygens (including phenoxy) is 3. The van der Waals surface area contributed by atoms with E-state index in [2.05, 4.69) is 20.4 Å². The highest BCUT2D eigenvalue weighted by atomic mass is 16.7. The molecule has 0 amide bonds. The van der Waals surface area contributed by atoms with Gasteiger partial charge >= 0.3 is 0 Å². The van der Waals surface area contributed by atoms with Crippen molar-refractivity contribution in [2.75, 3.05) is 6.61 Å². The monoisotopic (exact) mass is 404 g/mol. The van der Waals surface area contributed by atoms with Crippen LogP contribution in [-0.4, -0.2) is 52.5 Å². The summed E-state index contributed by atoms with van der Waals surface area (Å²) in [5, 5.41) is 23.6. The van der Waals surface area contributed by atoms with Gasteiger partial charge in [-0.1, -0.05) is 20.4 Å². The van der Waals surface area contributed by atoms with Crippen LogP contribution in [0.1, 0.15) is 53.4 Å². The predicted octanol–water partition coefficient (Wildman–Crippen LogP) is 2.17. The molecule has 4 bridgehead atoms. The van der Waals surface area contributed by atoms with Crippen LogP contribution in [0.25, 0.3) is 0 Å². The number of rotatable bonds is 0. The van der Waals surface area contributed by atoms with Gasteiger partial charge in [0.2, 0.25) is 5.79 Å². The molecule has 160 valence electrons. The van der Waals surface area contributed by atoms with E-state index in [9.17, 15) is 15.0 Å². The standard InChI is InChI=1S/C23H32O6/c1-11-12-8-13-15-21-10-27-23(26,22(15,9-12)17(11)24)18(25)16(21)19(2,3)7-6-14(21)29-20(4,5)28-13/h12-16,18,25-26H,1,6-10H2,2-5H3. The molecule has 9 unspecified atom stereocenters. The Labute approximate surface area is 171 Å². The van der Waals surface area contributed by atoms with Crippen LogP contribution in [0.4, 0.5) is 0 Å². The largest absolute Gasteiger partial charge is 0.387 e. The summed E-state index contributed by atoms with van der Waals surface area (Å²) in [5.41, 5.74) is -1.44. The van der Waals surface area contributed by atoms with Crippen molar-refractivity contribution in [2.24, 2.45) is 34.0 Å². The van der Waals surface area contributed by atoms with Gasteiger partial charge in [0.05, 0.1) is 24.2 Å². The first-order valence-electron chi connectivity index (χ1n) is 11.0. The molecule has 7 fully saturated rings. The van der Waals surface area contributed by atoms with Crippen molar-refractivity contribution in [3.8, 4) is 0 Å². The Morgan fingerprint density at radius 3 is 2.59 bits per heavy atom. The van der Waals surface area contributed by atoms with E-state index in [1.165, 1.54) is 0 Å². The van der Waals surface area contributed by atoms with Gasteiger partial charge in [-0.3, -0.25) is 4.79 Å². The fourth-order valence-electron chi connectivity index (χ4n) is 8.84. The molecule has 9 atom stereocenters. The summed E-state index contributed by atoms with van der Waals surface area (Å²) in [6.07, 6.45) is 1.30. The van der Waals surface area contributed by atoms with Gasteiger partial charge in [-0.25, -0.2) is 0 Å². The first kappa shape index (κ1) is 18.9. The number of Topliss-reactive ketones (excluding diaryl/α,β-unsaturated/α-hetero) is 1. The fraction of sp³-hybridized carbons (Fsp3) is 0.870. The average molecular weight is 405 g/mol. The molecular weight excluding hydrogens is 372 g/mol. The van der Waals surface area contributed by atoms with Gasteiger partial charge in [0.15, 0.2) is 11.6 Å².